The van der Waals surface area contributed by atoms with Gasteiger partial charge >= 0.3 is 0 Å². The molecule has 0 unspecified atom stereocenters. The van der Waals surface area contributed by atoms with Gasteiger partial charge < -0.3 is 0 Å². The molecule has 0 radical (unpaired) electrons. The van der Waals surface area contributed by atoms with Crippen LogP contribution in [0.1, 0.15) is 136 Å². The average molecular weight is 441 g/mol. The summed E-state index contributed by atoms with van der Waals surface area (Å²) in [6.07, 6.45) is 26.7. The molecule has 0 heterocycles. The van der Waals surface area contributed by atoms with Gasteiger partial charge in [-0.05, 0) is 0 Å². The second kappa shape index (κ2) is 19.1. The van der Waals surface area contributed by atoms with Gasteiger partial charge in [-0.1, -0.05) is 174 Å². The van der Waals surface area contributed by atoms with E-state index in [-0.39, 0.29) is 0 Å². The van der Waals surface area contributed by atoms with E-state index in [0.29, 0.717) is 0 Å². The molecular formula is C27H60Si2. The first kappa shape index (κ1) is 29.4. The lowest BCUT2D eigenvalue weighted by Crippen LogP contribution is -2.56. The van der Waals surface area contributed by atoms with Gasteiger partial charge in [-0.15, -0.1) is 0 Å². The maximum absolute atomic E-state index is 2.75. The van der Waals surface area contributed by atoms with Crippen LogP contribution in [0.15, 0.2) is 0 Å². The molecule has 0 aliphatic rings. The maximum atomic E-state index is 2.75. The molecule has 0 saturated carbocycles. The van der Waals surface area contributed by atoms with Crippen LogP contribution in [0.3, 0.4) is 0 Å². The summed E-state index contributed by atoms with van der Waals surface area (Å²) >= 11 is 0. The number of hydrogen-bond acceptors (Lipinski definition) is 0. The van der Waals surface area contributed by atoms with Crippen LogP contribution < -0.4 is 0 Å². The lowest BCUT2D eigenvalue weighted by molar-refractivity contribution is 0.608. The Morgan fingerprint density at radius 1 is 0.345 bits per heavy atom. The summed E-state index contributed by atoms with van der Waals surface area (Å²) in [5.74, 6) is 0. The second-order valence-electron chi connectivity index (χ2n) is 11.1. The van der Waals surface area contributed by atoms with E-state index in [4.69, 9.17) is 0 Å². The Labute approximate surface area is 189 Å². The van der Waals surface area contributed by atoms with Gasteiger partial charge in [0.05, 0.1) is 0 Å². The zero-order chi connectivity index (χ0) is 21.8. The Morgan fingerprint density at radius 2 is 0.586 bits per heavy atom. The smallest absolute Gasteiger partial charge is 0.0471 e. The zero-order valence-electron chi connectivity index (χ0n) is 21.8. The first-order valence-corrected chi connectivity index (χ1v) is 21.1. The fraction of sp³-hybridized carbons (Fsp3) is 1.00. The molecule has 0 spiro atoms. The second-order valence-corrected chi connectivity index (χ2v) is 27.3. The van der Waals surface area contributed by atoms with Gasteiger partial charge in [0, 0.05) is 15.2 Å². The van der Waals surface area contributed by atoms with E-state index in [1.807, 2.05) is 0 Å². The molecule has 0 N–H and O–H groups in total. The van der Waals surface area contributed by atoms with Crippen molar-refractivity contribution in [3.63, 3.8) is 0 Å². The first-order valence-electron chi connectivity index (χ1n) is 13.9. The fourth-order valence-corrected chi connectivity index (χ4v) is 19.4. The third kappa shape index (κ3) is 15.0. The highest BCUT2D eigenvalue weighted by atomic mass is 29.3. The minimum absolute atomic E-state index is 1.02. The molecule has 0 aromatic rings. The fourth-order valence-electron chi connectivity index (χ4n) is 5.23. The predicted molar refractivity (Wildman–Crippen MR) is 144 cm³/mol. The molecule has 176 valence electrons. The molecule has 0 aromatic heterocycles. The highest BCUT2D eigenvalue weighted by Gasteiger charge is 2.43. The molecule has 29 heavy (non-hydrogen) atoms. The SMILES string of the molecule is CCCCCCCC[Si](CCCCCCCC)(CCCCCCCC)[Si](C)(C)C. The summed E-state index contributed by atoms with van der Waals surface area (Å²) < 4.78 is 0. The zero-order valence-corrected chi connectivity index (χ0v) is 23.8. The van der Waals surface area contributed by atoms with Crippen molar-refractivity contribution in [2.24, 2.45) is 0 Å². The normalized spacial score (nSPS) is 12.6. The number of unbranched alkanes of at least 4 members (excludes halogenated alkanes) is 15. The Kier molecular flexibility index (Phi) is 19.4. The van der Waals surface area contributed by atoms with Gasteiger partial charge in [-0.2, -0.15) is 0 Å². The van der Waals surface area contributed by atoms with Gasteiger partial charge in [0.2, 0.25) is 0 Å². The van der Waals surface area contributed by atoms with Crippen LogP contribution in [0.2, 0.25) is 37.8 Å². The summed E-state index contributed by atoms with van der Waals surface area (Å²) in [5, 5.41) is 0. The van der Waals surface area contributed by atoms with Crippen molar-refractivity contribution in [2.45, 2.75) is 174 Å². The van der Waals surface area contributed by atoms with Crippen LogP contribution in [0.4, 0.5) is 0 Å². The molecule has 0 saturated heterocycles. The summed E-state index contributed by atoms with van der Waals surface area (Å²) in [5.41, 5.74) is 0. The Morgan fingerprint density at radius 3 is 0.828 bits per heavy atom. The van der Waals surface area contributed by atoms with E-state index in [2.05, 4.69) is 40.4 Å². The summed E-state index contributed by atoms with van der Waals surface area (Å²) in [4.78, 5) is 0. The Hall–Kier alpha value is 0.434. The van der Waals surface area contributed by atoms with E-state index in [0.717, 1.165) is 0 Å². The minimum Gasteiger partial charge on any atom is -0.0715 e. The van der Waals surface area contributed by atoms with E-state index < -0.39 is 15.2 Å². The van der Waals surface area contributed by atoms with Crippen LogP contribution >= 0.6 is 0 Å². The van der Waals surface area contributed by atoms with E-state index in [1.54, 1.807) is 37.4 Å². The molecule has 2 heteroatoms. The Bertz CT molecular complexity index is 291. The number of hydrogen-bond donors (Lipinski definition) is 0. The monoisotopic (exact) mass is 440 g/mol. The van der Waals surface area contributed by atoms with Gasteiger partial charge in [0.15, 0.2) is 0 Å². The van der Waals surface area contributed by atoms with E-state index in [1.165, 1.54) is 96.3 Å². The summed E-state index contributed by atoms with van der Waals surface area (Å²) in [6, 6.07) is 5.04. The molecule has 0 aromatic carbocycles. The first-order chi connectivity index (χ1) is 13.9. The van der Waals surface area contributed by atoms with Crippen molar-refractivity contribution in [2.75, 3.05) is 0 Å². The van der Waals surface area contributed by atoms with Crippen molar-refractivity contribution in [1.29, 1.82) is 0 Å². The van der Waals surface area contributed by atoms with Gasteiger partial charge in [0.1, 0.15) is 0 Å². The van der Waals surface area contributed by atoms with Crippen LogP contribution in [0.25, 0.3) is 0 Å². The van der Waals surface area contributed by atoms with Crippen molar-refractivity contribution in [3.05, 3.63) is 0 Å². The number of rotatable bonds is 22. The minimum atomic E-state index is -1.06. The Balaban J connectivity index is 4.67. The van der Waals surface area contributed by atoms with Gasteiger partial charge in [-0.3, -0.25) is 0 Å². The van der Waals surface area contributed by atoms with E-state index >= 15 is 0 Å². The molecule has 0 amide bonds. The third-order valence-electron chi connectivity index (χ3n) is 7.62. The van der Waals surface area contributed by atoms with Crippen LogP contribution in [0.5, 0.6) is 0 Å². The molecule has 0 bridgehead atoms. The van der Waals surface area contributed by atoms with Gasteiger partial charge in [-0.25, -0.2) is 0 Å². The summed E-state index contributed by atoms with van der Waals surface area (Å²) in [6.45, 7) is 15.3. The lowest BCUT2D eigenvalue weighted by Gasteiger charge is -2.43. The van der Waals surface area contributed by atoms with Crippen LogP contribution in [-0.2, 0) is 0 Å². The molecule has 0 fully saturated rings. The van der Waals surface area contributed by atoms with Crippen molar-refractivity contribution < 1.29 is 0 Å². The average Bonchev–Trinajstić information content (AvgIpc) is 2.68. The largest absolute Gasteiger partial charge is 0.0715 e. The van der Waals surface area contributed by atoms with Crippen molar-refractivity contribution in [1.82, 2.24) is 0 Å². The topological polar surface area (TPSA) is 0 Å². The molecular weight excluding hydrogens is 380 g/mol. The van der Waals surface area contributed by atoms with E-state index in [9.17, 15) is 0 Å². The standard InChI is InChI=1S/C27H60Si2/c1-7-10-13-16-19-22-25-29(28(4,5)6,26-23-20-17-14-11-8-2)27-24-21-18-15-12-9-3/h7-27H2,1-6H3. The highest BCUT2D eigenvalue weighted by Crippen LogP contribution is 2.37. The molecule has 0 atom stereocenters. The van der Waals surface area contributed by atoms with Crippen molar-refractivity contribution in [3.8, 4) is 0 Å². The molecule has 0 aliphatic heterocycles. The maximum Gasteiger partial charge on any atom is 0.0471 e. The highest BCUT2D eigenvalue weighted by molar-refractivity contribution is 7.41. The summed E-state index contributed by atoms with van der Waals surface area (Å²) in [7, 11) is -2.09. The lowest BCUT2D eigenvalue weighted by atomic mass is 10.1. The van der Waals surface area contributed by atoms with Crippen LogP contribution in [0, 0.1) is 0 Å². The van der Waals surface area contributed by atoms with Crippen LogP contribution in [-0.4, -0.2) is 15.2 Å². The molecule has 0 aliphatic carbocycles. The van der Waals surface area contributed by atoms with Crippen molar-refractivity contribution >= 4 is 15.2 Å². The quantitative estimate of drug-likeness (QED) is 0.116. The third-order valence-corrected chi connectivity index (χ3v) is 26.5. The van der Waals surface area contributed by atoms with Gasteiger partial charge in [0.25, 0.3) is 0 Å². The molecule has 0 nitrogen and oxygen atoms in total. The molecule has 0 rings (SSSR count). The predicted octanol–water partition coefficient (Wildman–Crippen LogP) is 10.9.